The van der Waals surface area contributed by atoms with Gasteiger partial charge >= 0.3 is 17.9 Å². The van der Waals surface area contributed by atoms with E-state index in [1.807, 2.05) is 41.5 Å². The summed E-state index contributed by atoms with van der Waals surface area (Å²) in [5, 5.41) is 10.4. The number of carbonyl (C=O) groups excluding carboxylic acids is 2. The number of hydrogen-bond acceptors (Lipinski definition) is 8. The zero-order valence-electron chi connectivity index (χ0n) is 20.9. The molecule has 31 heavy (non-hydrogen) atoms. The number of ether oxygens (including phenoxy) is 2. The minimum absolute atomic E-state index is 0.434. The molecule has 0 fully saturated rings. The summed E-state index contributed by atoms with van der Waals surface area (Å²) in [5.74, 6) is -3.64. The summed E-state index contributed by atoms with van der Waals surface area (Å²) in [4.78, 5) is 41.8. The van der Waals surface area contributed by atoms with Crippen molar-refractivity contribution >= 4 is 25.0 Å². The Hall–Kier alpha value is -1.44. The van der Waals surface area contributed by atoms with E-state index in [9.17, 15) is 18.9 Å². The van der Waals surface area contributed by atoms with Crippen LogP contribution in [0.15, 0.2) is 0 Å². The van der Waals surface area contributed by atoms with Crippen molar-refractivity contribution in [1.29, 1.82) is 0 Å². The first-order chi connectivity index (χ1) is 13.5. The highest BCUT2D eigenvalue weighted by Crippen LogP contribution is 2.54. The first-order valence-corrected chi connectivity index (χ1v) is 12.9. The van der Waals surface area contributed by atoms with Crippen molar-refractivity contribution in [2.75, 3.05) is 13.3 Å². The molecular weight excluding hydrogens is 425 g/mol. The second kappa shape index (κ2) is 10.0. The van der Waals surface area contributed by atoms with Gasteiger partial charge in [0.1, 0.15) is 7.14 Å². The van der Waals surface area contributed by atoms with Crippen LogP contribution in [-0.4, -0.2) is 70.5 Å². The molecule has 0 saturated carbocycles. The van der Waals surface area contributed by atoms with Crippen molar-refractivity contribution < 1.29 is 38.4 Å². The van der Waals surface area contributed by atoms with Gasteiger partial charge < -0.3 is 19.1 Å². The molecule has 0 aliphatic carbocycles. The summed E-state index contributed by atoms with van der Waals surface area (Å²) in [5.41, 5.74) is -2.58. The van der Waals surface area contributed by atoms with Crippen molar-refractivity contribution in [2.45, 2.75) is 98.4 Å². The maximum Gasteiger partial charge on any atom is 0.347 e. The predicted octanol–water partition coefficient (Wildman–Crippen LogP) is 3.74. The van der Waals surface area contributed by atoms with Crippen LogP contribution in [0.1, 0.15) is 69.2 Å². The number of hydroxylamine groups is 2. The van der Waals surface area contributed by atoms with Crippen LogP contribution in [0.25, 0.3) is 0 Å². The molecule has 182 valence electrons. The topological polar surface area (TPSA) is 119 Å². The molecular formula is C21H40NO8P. The monoisotopic (exact) mass is 465 g/mol. The van der Waals surface area contributed by atoms with Gasteiger partial charge in [-0.1, -0.05) is 20.8 Å². The molecule has 0 aromatic heterocycles. The predicted molar refractivity (Wildman–Crippen MR) is 118 cm³/mol. The summed E-state index contributed by atoms with van der Waals surface area (Å²) >= 11 is 0. The van der Waals surface area contributed by atoms with Gasteiger partial charge in [0.25, 0.3) is 0 Å². The van der Waals surface area contributed by atoms with E-state index in [1.165, 1.54) is 27.7 Å². The van der Waals surface area contributed by atoms with Gasteiger partial charge in [-0.25, -0.2) is 14.4 Å². The first kappa shape index (κ1) is 29.6. The lowest BCUT2D eigenvalue weighted by Crippen LogP contribution is -2.57. The van der Waals surface area contributed by atoms with Crippen LogP contribution in [-0.2, 0) is 33.3 Å². The van der Waals surface area contributed by atoms with Crippen LogP contribution in [0.2, 0.25) is 0 Å². The maximum atomic E-state index is 13.2. The molecule has 0 saturated heterocycles. The van der Waals surface area contributed by atoms with Crippen LogP contribution < -0.4 is 0 Å². The van der Waals surface area contributed by atoms with Gasteiger partial charge in [-0.15, -0.1) is 0 Å². The summed E-state index contributed by atoms with van der Waals surface area (Å²) in [6.07, 6.45) is -2.70. The maximum absolute atomic E-state index is 13.2. The highest BCUT2D eigenvalue weighted by Gasteiger charge is 2.48. The molecule has 9 nitrogen and oxygen atoms in total. The number of esters is 2. The Morgan fingerprint density at radius 2 is 1.32 bits per heavy atom. The summed E-state index contributed by atoms with van der Waals surface area (Å²) in [7, 11) is -2.72. The van der Waals surface area contributed by atoms with Crippen molar-refractivity contribution in [3.8, 4) is 0 Å². The minimum atomic E-state index is -2.72. The molecule has 0 aliphatic heterocycles. The standard InChI is InChI=1S/C21H40NO8P/c1-13(15(23)24)28-16(25)14(2)29-18(26)21(9,10)30-22(20(6,7)8)17(19(3,4)5)31(11,12)27/h13-14,17H,1-12H3,(H,23,24). The molecule has 0 rings (SSSR count). The zero-order valence-corrected chi connectivity index (χ0v) is 21.8. The summed E-state index contributed by atoms with van der Waals surface area (Å²) in [6, 6.07) is 0. The number of carboxylic acids is 1. The molecule has 0 aromatic carbocycles. The molecule has 10 heteroatoms. The van der Waals surface area contributed by atoms with E-state index in [-0.39, 0.29) is 0 Å². The fourth-order valence-corrected chi connectivity index (χ4v) is 5.81. The van der Waals surface area contributed by atoms with E-state index in [0.29, 0.717) is 0 Å². The Kier molecular flexibility index (Phi) is 9.54. The van der Waals surface area contributed by atoms with E-state index in [4.69, 9.17) is 19.4 Å². The number of nitrogens with zero attached hydrogens (tertiary/aromatic N) is 1. The van der Waals surface area contributed by atoms with E-state index >= 15 is 0 Å². The number of rotatable bonds is 9. The highest BCUT2D eigenvalue weighted by molar-refractivity contribution is 7.63. The molecule has 0 aliphatic rings. The zero-order chi connectivity index (χ0) is 25.2. The number of aliphatic carboxylic acids is 1. The Balaban J connectivity index is 5.72. The van der Waals surface area contributed by atoms with Crippen LogP contribution in [0.4, 0.5) is 0 Å². The van der Waals surface area contributed by atoms with Crippen molar-refractivity contribution in [3.05, 3.63) is 0 Å². The summed E-state index contributed by atoms with van der Waals surface area (Å²) in [6.45, 7) is 20.3. The van der Waals surface area contributed by atoms with Crippen LogP contribution in [0.5, 0.6) is 0 Å². The van der Waals surface area contributed by atoms with Crippen molar-refractivity contribution in [2.24, 2.45) is 5.41 Å². The molecule has 1 N–H and O–H groups in total. The third-order valence-corrected chi connectivity index (χ3v) is 6.48. The Bertz CT molecular complexity index is 714. The van der Waals surface area contributed by atoms with E-state index in [1.54, 1.807) is 18.4 Å². The van der Waals surface area contributed by atoms with Crippen LogP contribution in [0, 0.1) is 5.41 Å². The second-order valence-electron chi connectivity index (χ2n) is 10.7. The number of carbonyl (C=O) groups is 3. The number of carboxylic acid groups (broad SMARTS) is 1. The fraction of sp³-hybridized carbons (Fsp3) is 0.857. The molecule has 0 amide bonds. The van der Waals surface area contributed by atoms with Gasteiger partial charge in [-0.3, -0.25) is 4.84 Å². The lowest BCUT2D eigenvalue weighted by atomic mass is 9.94. The highest BCUT2D eigenvalue weighted by atomic mass is 31.2. The largest absolute Gasteiger partial charge is 0.479 e. The van der Waals surface area contributed by atoms with Gasteiger partial charge in [-0.05, 0) is 67.2 Å². The third-order valence-electron chi connectivity index (χ3n) is 4.32. The Labute approximate surface area is 186 Å². The van der Waals surface area contributed by atoms with Gasteiger partial charge in [-0.2, -0.15) is 5.06 Å². The van der Waals surface area contributed by atoms with Crippen molar-refractivity contribution in [1.82, 2.24) is 5.06 Å². The van der Waals surface area contributed by atoms with Crippen molar-refractivity contribution in [3.63, 3.8) is 0 Å². The Morgan fingerprint density at radius 3 is 1.65 bits per heavy atom. The molecule has 0 heterocycles. The lowest BCUT2D eigenvalue weighted by Gasteiger charge is -2.49. The normalized spacial score (nSPS) is 16.4. The quantitative estimate of drug-likeness (QED) is 0.308. The molecule has 0 radical (unpaired) electrons. The first-order valence-electron chi connectivity index (χ1n) is 10.2. The van der Waals surface area contributed by atoms with Gasteiger partial charge in [0.15, 0.2) is 17.8 Å². The summed E-state index contributed by atoms with van der Waals surface area (Å²) < 4.78 is 23.1. The minimum Gasteiger partial charge on any atom is -0.479 e. The average Bonchev–Trinajstić information content (AvgIpc) is 2.49. The van der Waals surface area contributed by atoms with Crippen LogP contribution >= 0.6 is 7.14 Å². The average molecular weight is 466 g/mol. The number of hydrogen-bond donors (Lipinski definition) is 1. The molecule has 0 aromatic rings. The molecule has 3 unspecified atom stereocenters. The Morgan fingerprint density at radius 1 is 0.871 bits per heavy atom. The molecule has 0 bridgehead atoms. The van der Waals surface area contributed by atoms with Crippen LogP contribution in [0.3, 0.4) is 0 Å². The second-order valence-corrected chi connectivity index (χ2v) is 14.1. The van der Waals surface area contributed by atoms with Gasteiger partial charge in [0.05, 0.1) is 5.78 Å². The fourth-order valence-electron chi connectivity index (χ4n) is 3.04. The third kappa shape index (κ3) is 8.91. The SMILES string of the molecule is CC(OC(=O)C(C)OC(=O)C(C)(C)ON(C(C(C)(C)C)P(C)(C)=O)C(C)(C)C)C(=O)O. The van der Waals surface area contributed by atoms with E-state index in [0.717, 1.165) is 0 Å². The van der Waals surface area contributed by atoms with Gasteiger partial charge in [0.2, 0.25) is 0 Å². The molecule has 0 spiro atoms. The van der Waals surface area contributed by atoms with E-state index in [2.05, 4.69) is 0 Å². The molecule has 3 atom stereocenters. The smallest absolute Gasteiger partial charge is 0.347 e. The van der Waals surface area contributed by atoms with E-state index < -0.39 is 59.6 Å². The van der Waals surface area contributed by atoms with Gasteiger partial charge in [0, 0.05) is 5.54 Å². The lowest BCUT2D eigenvalue weighted by molar-refractivity contribution is -0.290.